The van der Waals surface area contributed by atoms with Crippen molar-refractivity contribution < 1.29 is 14.9 Å². The van der Waals surface area contributed by atoms with Gasteiger partial charge in [-0.2, -0.15) is 4.37 Å². The minimum Gasteiger partial charge on any atom is -0.494 e. The van der Waals surface area contributed by atoms with E-state index < -0.39 is 0 Å². The van der Waals surface area contributed by atoms with Crippen molar-refractivity contribution in [2.24, 2.45) is 0 Å². The topological polar surface area (TPSA) is 65.8 Å². The zero-order valence-electron chi connectivity index (χ0n) is 17.3. The van der Waals surface area contributed by atoms with Crippen LogP contribution in [0.15, 0.2) is 42.5 Å². The number of nitrogens with zero attached hydrogens (tertiary/aromatic N) is 2. The largest absolute Gasteiger partial charge is 0.494 e. The van der Waals surface area contributed by atoms with Gasteiger partial charge in [0.15, 0.2) is 0 Å². The molecule has 0 radical (unpaired) electrons. The molecule has 0 spiro atoms. The van der Waals surface area contributed by atoms with Gasteiger partial charge in [-0.25, -0.2) is 0 Å². The van der Waals surface area contributed by atoms with Crippen LogP contribution in [0.1, 0.15) is 25.3 Å². The van der Waals surface area contributed by atoms with Crippen molar-refractivity contribution in [3.8, 4) is 28.8 Å². The number of aromatic nitrogens is 1. The number of aliphatic hydroxyl groups excluding tert-OH is 2. The molecule has 1 aromatic heterocycles. The second-order valence-corrected chi connectivity index (χ2v) is 7.74. The molecule has 0 bridgehead atoms. The van der Waals surface area contributed by atoms with E-state index in [1.165, 1.54) is 11.5 Å². The molecule has 0 aliphatic rings. The van der Waals surface area contributed by atoms with E-state index in [0.29, 0.717) is 6.61 Å². The van der Waals surface area contributed by atoms with Crippen LogP contribution in [0.5, 0.6) is 5.75 Å². The van der Waals surface area contributed by atoms with E-state index in [1.807, 2.05) is 30.3 Å². The molecule has 0 saturated carbocycles. The molecule has 30 heavy (non-hydrogen) atoms. The number of rotatable bonds is 10. The van der Waals surface area contributed by atoms with Crippen LogP contribution in [0.25, 0.3) is 21.3 Å². The number of fused-ring (bicyclic) bond motifs is 1. The van der Waals surface area contributed by atoms with Crippen LogP contribution >= 0.6 is 11.5 Å². The van der Waals surface area contributed by atoms with E-state index in [1.54, 1.807) is 0 Å². The first-order valence-corrected chi connectivity index (χ1v) is 11.1. The van der Waals surface area contributed by atoms with Crippen molar-refractivity contribution in [1.82, 2.24) is 9.27 Å². The maximum Gasteiger partial charge on any atom is 0.120 e. The Hall–Kier alpha value is -2.43. The number of ether oxygens (including phenoxy) is 1. The Kier molecular flexibility index (Phi) is 8.66. The summed E-state index contributed by atoms with van der Waals surface area (Å²) in [5.41, 5.74) is 2.89. The second-order valence-electron chi connectivity index (χ2n) is 6.94. The molecule has 1 heterocycles. The summed E-state index contributed by atoms with van der Waals surface area (Å²) in [5.74, 6) is 6.44. The molecule has 0 aliphatic heterocycles. The summed E-state index contributed by atoms with van der Waals surface area (Å²) in [6.07, 6.45) is 2.04. The number of likely N-dealkylation sites (N-methyl/N-ethyl adjacent to an activating group) is 1. The average Bonchev–Trinajstić information content (AvgIpc) is 3.20. The van der Waals surface area contributed by atoms with Gasteiger partial charge in [0.05, 0.1) is 23.6 Å². The number of unbranched alkanes of at least 4 members (excludes halogenated alkanes) is 1. The average molecular weight is 425 g/mol. The van der Waals surface area contributed by atoms with E-state index in [2.05, 4.69) is 40.2 Å². The van der Waals surface area contributed by atoms with Gasteiger partial charge < -0.3 is 19.8 Å². The standard InChI is InChI=1S/C24H28N2O3S/c1-2-26(14-16-28)13-3-4-17-29-21-11-12-22-23(18-21)30-25-24(22)20-9-7-19(8-10-20)6-5-15-27/h7-12,18,27-28H,2-4,13-17H2,1H3. The summed E-state index contributed by atoms with van der Waals surface area (Å²) < 4.78 is 11.7. The van der Waals surface area contributed by atoms with Crippen LogP contribution in [0.2, 0.25) is 0 Å². The first-order valence-electron chi connectivity index (χ1n) is 10.3. The van der Waals surface area contributed by atoms with Gasteiger partial charge >= 0.3 is 0 Å². The summed E-state index contributed by atoms with van der Waals surface area (Å²) >= 11 is 1.48. The monoisotopic (exact) mass is 424 g/mol. The molecular weight excluding hydrogens is 396 g/mol. The lowest BCUT2D eigenvalue weighted by atomic mass is 10.1. The van der Waals surface area contributed by atoms with E-state index in [-0.39, 0.29) is 13.2 Å². The smallest absolute Gasteiger partial charge is 0.120 e. The Balaban J connectivity index is 1.58. The summed E-state index contributed by atoms with van der Waals surface area (Å²) in [5, 5.41) is 19.0. The van der Waals surface area contributed by atoms with Gasteiger partial charge in [0.1, 0.15) is 12.4 Å². The van der Waals surface area contributed by atoms with E-state index >= 15 is 0 Å². The molecule has 3 rings (SSSR count). The van der Waals surface area contributed by atoms with Gasteiger partial charge in [0.2, 0.25) is 0 Å². The first kappa shape index (κ1) is 22.3. The highest BCUT2D eigenvalue weighted by Gasteiger charge is 2.10. The summed E-state index contributed by atoms with van der Waals surface area (Å²) in [6, 6.07) is 14.0. The predicted molar refractivity (Wildman–Crippen MR) is 123 cm³/mol. The Bertz CT molecular complexity index is 989. The second kappa shape index (κ2) is 11.7. The number of hydrogen-bond acceptors (Lipinski definition) is 6. The lowest BCUT2D eigenvalue weighted by molar-refractivity contribution is 0.195. The van der Waals surface area contributed by atoms with Crippen molar-refractivity contribution >= 4 is 21.6 Å². The third kappa shape index (κ3) is 6.04. The molecule has 0 fully saturated rings. The lowest BCUT2D eigenvalue weighted by Crippen LogP contribution is -2.27. The fourth-order valence-corrected chi connectivity index (χ4v) is 4.09. The molecule has 0 aliphatic carbocycles. The first-order chi connectivity index (χ1) is 14.7. The number of aliphatic hydroxyl groups is 2. The Morgan fingerprint density at radius 1 is 1.07 bits per heavy atom. The predicted octanol–water partition coefficient (Wildman–Crippen LogP) is 3.78. The molecule has 3 aromatic rings. The zero-order chi connectivity index (χ0) is 21.2. The SMILES string of the molecule is CCN(CCO)CCCCOc1ccc2c(-c3ccc(C#CCO)cc3)nsc2c1. The molecule has 0 atom stereocenters. The molecule has 5 nitrogen and oxygen atoms in total. The normalized spacial score (nSPS) is 10.9. The Morgan fingerprint density at radius 2 is 1.90 bits per heavy atom. The maximum atomic E-state index is 9.04. The molecule has 0 amide bonds. The third-order valence-electron chi connectivity index (χ3n) is 4.91. The van der Waals surface area contributed by atoms with Crippen LogP contribution in [-0.4, -0.2) is 58.9 Å². The van der Waals surface area contributed by atoms with Crippen LogP contribution < -0.4 is 4.74 Å². The van der Waals surface area contributed by atoms with Crippen molar-refractivity contribution in [3.05, 3.63) is 48.0 Å². The lowest BCUT2D eigenvalue weighted by Gasteiger charge is -2.18. The highest BCUT2D eigenvalue weighted by atomic mass is 32.1. The molecule has 2 aromatic carbocycles. The quantitative estimate of drug-likeness (QED) is 0.383. The fourth-order valence-electron chi connectivity index (χ4n) is 3.27. The molecule has 0 unspecified atom stereocenters. The maximum absolute atomic E-state index is 9.04. The minimum absolute atomic E-state index is 0.135. The van der Waals surface area contributed by atoms with Gasteiger partial charge in [0.25, 0.3) is 0 Å². The fraction of sp³-hybridized carbons (Fsp3) is 0.375. The molecule has 6 heteroatoms. The van der Waals surface area contributed by atoms with Gasteiger partial charge in [-0.15, -0.1) is 0 Å². The van der Waals surface area contributed by atoms with Crippen molar-refractivity contribution in [3.63, 3.8) is 0 Å². The molecule has 0 saturated heterocycles. The van der Waals surface area contributed by atoms with Crippen LogP contribution in [0, 0.1) is 11.8 Å². The highest BCUT2D eigenvalue weighted by molar-refractivity contribution is 7.13. The highest BCUT2D eigenvalue weighted by Crippen LogP contribution is 2.33. The minimum atomic E-state index is -0.135. The van der Waals surface area contributed by atoms with Crippen molar-refractivity contribution in [1.29, 1.82) is 0 Å². The van der Waals surface area contributed by atoms with Crippen LogP contribution in [0.4, 0.5) is 0 Å². The van der Waals surface area contributed by atoms with Crippen molar-refractivity contribution in [2.75, 3.05) is 39.5 Å². The number of benzene rings is 2. The van der Waals surface area contributed by atoms with Crippen LogP contribution in [-0.2, 0) is 0 Å². The van der Waals surface area contributed by atoms with E-state index in [0.717, 1.165) is 65.1 Å². The summed E-state index contributed by atoms with van der Waals surface area (Å²) in [6.45, 7) is 5.56. The Labute approximate surface area is 182 Å². The van der Waals surface area contributed by atoms with Crippen LogP contribution in [0.3, 0.4) is 0 Å². The molecule has 2 N–H and O–H groups in total. The third-order valence-corrected chi connectivity index (χ3v) is 5.72. The summed E-state index contributed by atoms with van der Waals surface area (Å²) in [7, 11) is 0. The van der Waals surface area contributed by atoms with Crippen molar-refractivity contribution in [2.45, 2.75) is 19.8 Å². The van der Waals surface area contributed by atoms with Gasteiger partial charge in [-0.1, -0.05) is 30.9 Å². The Morgan fingerprint density at radius 3 is 2.63 bits per heavy atom. The van der Waals surface area contributed by atoms with Gasteiger partial charge in [-0.05, 0) is 67.8 Å². The molecule has 158 valence electrons. The van der Waals surface area contributed by atoms with Gasteiger partial charge in [-0.3, -0.25) is 0 Å². The van der Waals surface area contributed by atoms with E-state index in [4.69, 9.17) is 14.9 Å². The number of hydrogen-bond donors (Lipinski definition) is 2. The van der Waals surface area contributed by atoms with E-state index in [9.17, 15) is 0 Å². The zero-order valence-corrected chi connectivity index (χ0v) is 18.1. The summed E-state index contributed by atoms with van der Waals surface area (Å²) in [4.78, 5) is 2.25. The van der Waals surface area contributed by atoms with Gasteiger partial charge in [0, 0.05) is 23.1 Å². The molecular formula is C24H28N2O3S.